The number of guanidine groups is 1. The quantitative estimate of drug-likeness (QED) is 0.471. The molecule has 0 heterocycles. The third-order valence-corrected chi connectivity index (χ3v) is 3.32. The Hall–Kier alpha value is -1.18. The highest BCUT2D eigenvalue weighted by atomic mass is 127. The van der Waals surface area contributed by atoms with Gasteiger partial charge in [-0.1, -0.05) is 0 Å². The minimum absolute atomic E-state index is 0. The van der Waals surface area contributed by atoms with E-state index in [2.05, 4.69) is 15.6 Å². The molecular weight excluding hydrogens is 369 g/mol. The van der Waals surface area contributed by atoms with Crippen LogP contribution in [0, 0.1) is 0 Å². The Labute approximate surface area is 137 Å². The van der Waals surface area contributed by atoms with Gasteiger partial charge in [-0.05, 0) is 31.4 Å². The second-order valence-corrected chi connectivity index (χ2v) is 4.54. The van der Waals surface area contributed by atoms with Crippen molar-refractivity contribution in [1.29, 1.82) is 0 Å². The summed E-state index contributed by atoms with van der Waals surface area (Å²) in [7, 11) is 5.03. The van der Waals surface area contributed by atoms with Crippen LogP contribution in [-0.4, -0.2) is 33.3 Å². The zero-order valence-electron chi connectivity index (χ0n) is 12.1. The van der Waals surface area contributed by atoms with Gasteiger partial charge in [0.25, 0.3) is 0 Å². The fourth-order valence-electron chi connectivity index (χ4n) is 1.95. The molecule has 112 valence electrons. The normalized spacial score (nSPS) is 14.8. The average molecular weight is 391 g/mol. The molecule has 0 unspecified atom stereocenters. The van der Waals surface area contributed by atoms with Gasteiger partial charge in [0.15, 0.2) is 17.5 Å². The Morgan fingerprint density at radius 2 is 1.90 bits per heavy atom. The average Bonchev–Trinajstić information content (AvgIpc) is 2.41. The minimum Gasteiger partial charge on any atom is -0.493 e. The molecule has 0 radical (unpaired) electrons. The van der Waals surface area contributed by atoms with Gasteiger partial charge in [-0.25, -0.2) is 0 Å². The van der Waals surface area contributed by atoms with Crippen molar-refractivity contribution in [3.05, 3.63) is 18.2 Å². The van der Waals surface area contributed by atoms with Crippen LogP contribution in [0.5, 0.6) is 11.5 Å². The van der Waals surface area contributed by atoms with E-state index in [0.717, 1.165) is 17.4 Å². The lowest BCUT2D eigenvalue weighted by Crippen LogP contribution is -2.42. The molecule has 0 bridgehead atoms. The smallest absolute Gasteiger partial charge is 0.195 e. The van der Waals surface area contributed by atoms with Crippen LogP contribution >= 0.6 is 24.0 Å². The van der Waals surface area contributed by atoms with Gasteiger partial charge in [-0.3, -0.25) is 4.99 Å². The number of hydrogen-bond donors (Lipinski definition) is 2. The molecule has 2 N–H and O–H groups in total. The van der Waals surface area contributed by atoms with Crippen molar-refractivity contribution in [3.63, 3.8) is 0 Å². The SMILES string of the molecule is CN=C(Nc1ccc(OC)c(OC)c1)NC1CCC1.I. The summed E-state index contributed by atoms with van der Waals surface area (Å²) in [6.07, 6.45) is 3.73. The molecule has 1 saturated carbocycles. The molecule has 0 aliphatic heterocycles. The first-order valence-corrected chi connectivity index (χ1v) is 6.49. The first-order valence-electron chi connectivity index (χ1n) is 6.49. The number of methoxy groups -OCH3 is 2. The first-order chi connectivity index (χ1) is 9.26. The molecule has 1 aliphatic carbocycles. The lowest BCUT2D eigenvalue weighted by atomic mass is 9.93. The third kappa shape index (κ3) is 4.16. The highest BCUT2D eigenvalue weighted by Crippen LogP contribution is 2.29. The van der Waals surface area contributed by atoms with Crippen molar-refractivity contribution in [2.24, 2.45) is 4.99 Å². The van der Waals surface area contributed by atoms with Crippen molar-refractivity contribution in [1.82, 2.24) is 5.32 Å². The summed E-state index contributed by atoms with van der Waals surface area (Å²) < 4.78 is 10.5. The topological polar surface area (TPSA) is 54.9 Å². The van der Waals surface area contributed by atoms with E-state index in [4.69, 9.17) is 9.47 Å². The summed E-state index contributed by atoms with van der Waals surface area (Å²) in [4.78, 5) is 4.23. The van der Waals surface area contributed by atoms with Crippen LogP contribution in [-0.2, 0) is 0 Å². The molecule has 1 aliphatic rings. The van der Waals surface area contributed by atoms with Crippen molar-refractivity contribution >= 4 is 35.6 Å². The minimum atomic E-state index is 0. The van der Waals surface area contributed by atoms with E-state index < -0.39 is 0 Å². The monoisotopic (exact) mass is 391 g/mol. The second kappa shape index (κ2) is 8.18. The van der Waals surface area contributed by atoms with E-state index in [9.17, 15) is 0 Å². The molecule has 0 aromatic heterocycles. The van der Waals surface area contributed by atoms with Gasteiger partial charge in [-0.15, -0.1) is 24.0 Å². The van der Waals surface area contributed by atoms with Crippen LogP contribution in [0.2, 0.25) is 0 Å². The molecule has 0 amide bonds. The van der Waals surface area contributed by atoms with Gasteiger partial charge in [0.05, 0.1) is 14.2 Å². The van der Waals surface area contributed by atoms with E-state index in [1.165, 1.54) is 19.3 Å². The van der Waals surface area contributed by atoms with Gasteiger partial charge in [0, 0.05) is 24.8 Å². The zero-order chi connectivity index (χ0) is 13.7. The Morgan fingerprint density at radius 1 is 1.20 bits per heavy atom. The van der Waals surface area contributed by atoms with E-state index >= 15 is 0 Å². The van der Waals surface area contributed by atoms with Gasteiger partial charge >= 0.3 is 0 Å². The Morgan fingerprint density at radius 3 is 2.40 bits per heavy atom. The molecule has 6 heteroatoms. The van der Waals surface area contributed by atoms with Gasteiger partial charge in [0.1, 0.15) is 0 Å². The van der Waals surface area contributed by atoms with E-state index in [-0.39, 0.29) is 24.0 Å². The highest BCUT2D eigenvalue weighted by Gasteiger charge is 2.18. The van der Waals surface area contributed by atoms with Crippen LogP contribution in [0.1, 0.15) is 19.3 Å². The number of nitrogens with one attached hydrogen (secondary N) is 2. The van der Waals surface area contributed by atoms with Gasteiger partial charge in [0.2, 0.25) is 0 Å². The van der Waals surface area contributed by atoms with E-state index in [1.807, 2.05) is 18.2 Å². The van der Waals surface area contributed by atoms with Crippen molar-refractivity contribution in [2.75, 3.05) is 26.6 Å². The summed E-state index contributed by atoms with van der Waals surface area (Å²) in [5, 5.41) is 6.64. The molecule has 1 aromatic carbocycles. The summed E-state index contributed by atoms with van der Waals surface area (Å²) in [6, 6.07) is 6.26. The molecule has 1 fully saturated rings. The lowest BCUT2D eigenvalue weighted by molar-refractivity contribution is 0.355. The zero-order valence-corrected chi connectivity index (χ0v) is 14.4. The maximum Gasteiger partial charge on any atom is 0.195 e. The number of anilines is 1. The maximum atomic E-state index is 5.28. The molecule has 0 saturated heterocycles. The molecule has 5 nitrogen and oxygen atoms in total. The number of hydrogen-bond acceptors (Lipinski definition) is 3. The largest absolute Gasteiger partial charge is 0.493 e. The molecule has 2 rings (SSSR count). The van der Waals surface area contributed by atoms with Crippen LogP contribution in [0.15, 0.2) is 23.2 Å². The van der Waals surface area contributed by atoms with Crippen LogP contribution in [0.25, 0.3) is 0 Å². The number of rotatable bonds is 4. The number of ether oxygens (including phenoxy) is 2. The van der Waals surface area contributed by atoms with Crippen LogP contribution in [0.4, 0.5) is 5.69 Å². The van der Waals surface area contributed by atoms with Crippen molar-refractivity contribution < 1.29 is 9.47 Å². The van der Waals surface area contributed by atoms with E-state index in [1.54, 1.807) is 21.3 Å². The molecule has 1 aromatic rings. The predicted molar refractivity (Wildman–Crippen MR) is 92.7 cm³/mol. The third-order valence-electron chi connectivity index (χ3n) is 3.32. The number of benzene rings is 1. The van der Waals surface area contributed by atoms with Crippen molar-refractivity contribution in [2.45, 2.75) is 25.3 Å². The second-order valence-electron chi connectivity index (χ2n) is 4.54. The fraction of sp³-hybridized carbons (Fsp3) is 0.500. The fourth-order valence-corrected chi connectivity index (χ4v) is 1.95. The molecular formula is C14H22IN3O2. The van der Waals surface area contributed by atoms with Crippen molar-refractivity contribution in [3.8, 4) is 11.5 Å². The molecule has 20 heavy (non-hydrogen) atoms. The predicted octanol–water partition coefficient (Wildman–Crippen LogP) is 2.86. The molecule has 0 spiro atoms. The van der Waals surface area contributed by atoms with Gasteiger partial charge in [-0.2, -0.15) is 0 Å². The van der Waals surface area contributed by atoms with Crippen LogP contribution < -0.4 is 20.1 Å². The maximum absolute atomic E-state index is 5.28. The Bertz CT molecular complexity index is 462. The summed E-state index contributed by atoms with van der Waals surface area (Å²) in [5.41, 5.74) is 0.921. The van der Waals surface area contributed by atoms with Gasteiger partial charge < -0.3 is 20.1 Å². The first kappa shape index (κ1) is 16.9. The molecule has 0 atom stereocenters. The highest BCUT2D eigenvalue weighted by molar-refractivity contribution is 14.0. The van der Waals surface area contributed by atoms with E-state index in [0.29, 0.717) is 11.8 Å². The summed E-state index contributed by atoms with van der Waals surface area (Å²) >= 11 is 0. The summed E-state index contributed by atoms with van der Waals surface area (Å²) in [5.74, 6) is 2.21. The summed E-state index contributed by atoms with van der Waals surface area (Å²) in [6.45, 7) is 0. The number of nitrogens with zero attached hydrogens (tertiary/aromatic N) is 1. The standard InChI is InChI=1S/C14H21N3O2.HI/c1-15-14(16-10-5-4-6-10)17-11-7-8-12(18-2)13(9-11)19-3;/h7-10H,4-6H2,1-3H3,(H2,15,16,17);1H. The lowest BCUT2D eigenvalue weighted by Gasteiger charge is -2.28. The number of aliphatic imine (C=N–C) groups is 1. The Balaban J connectivity index is 0.00000200. The van der Waals surface area contributed by atoms with Crippen LogP contribution in [0.3, 0.4) is 0 Å². The number of halogens is 1. The Kier molecular flexibility index (Phi) is 6.90.